The van der Waals surface area contributed by atoms with Gasteiger partial charge in [0, 0.05) is 24.0 Å². The summed E-state index contributed by atoms with van der Waals surface area (Å²) in [7, 11) is 0. The molecular weight excluding hydrogens is 358 g/mol. The Morgan fingerprint density at radius 2 is 1.46 bits per heavy atom. The van der Waals surface area contributed by atoms with Gasteiger partial charge in [0.2, 0.25) is 17.7 Å². The first kappa shape index (κ1) is 19.4. The SMILES string of the molecule is CCOc1ccc(NC(=O)C2CC2C(=O)Nc2cccc(NC(C)=O)c2)cc1. The number of carbonyl (C=O) groups is 3. The number of hydrogen-bond acceptors (Lipinski definition) is 4. The molecule has 0 saturated heterocycles. The summed E-state index contributed by atoms with van der Waals surface area (Å²) >= 11 is 0. The van der Waals surface area contributed by atoms with Gasteiger partial charge in [0.05, 0.1) is 18.4 Å². The van der Waals surface area contributed by atoms with Gasteiger partial charge in [-0.2, -0.15) is 0 Å². The molecular formula is C21H23N3O4. The Labute approximate surface area is 163 Å². The summed E-state index contributed by atoms with van der Waals surface area (Å²) in [5.74, 6) is -0.511. The monoisotopic (exact) mass is 381 g/mol. The Bertz CT molecular complexity index is 879. The fourth-order valence-electron chi connectivity index (χ4n) is 2.92. The molecule has 1 fully saturated rings. The topological polar surface area (TPSA) is 96.5 Å². The highest BCUT2D eigenvalue weighted by atomic mass is 16.5. The van der Waals surface area contributed by atoms with Gasteiger partial charge in [0.1, 0.15) is 5.75 Å². The summed E-state index contributed by atoms with van der Waals surface area (Å²) in [6.07, 6.45) is 0.514. The number of nitrogens with one attached hydrogen (secondary N) is 3. The maximum Gasteiger partial charge on any atom is 0.228 e. The Morgan fingerprint density at radius 3 is 2.04 bits per heavy atom. The normalized spacial score (nSPS) is 17.4. The lowest BCUT2D eigenvalue weighted by Gasteiger charge is -2.08. The molecule has 28 heavy (non-hydrogen) atoms. The van der Waals surface area contributed by atoms with E-state index in [-0.39, 0.29) is 29.6 Å². The second-order valence-electron chi connectivity index (χ2n) is 6.65. The van der Waals surface area contributed by atoms with Crippen LogP contribution in [0.5, 0.6) is 5.75 Å². The molecule has 0 aromatic heterocycles. The molecule has 2 aromatic carbocycles. The van der Waals surface area contributed by atoms with Crippen LogP contribution in [0.3, 0.4) is 0 Å². The molecule has 146 valence electrons. The van der Waals surface area contributed by atoms with Gasteiger partial charge in [-0.3, -0.25) is 14.4 Å². The fraction of sp³-hybridized carbons (Fsp3) is 0.286. The zero-order valence-corrected chi connectivity index (χ0v) is 15.8. The molecule has 0 aliphatic heterocycles. The van der Waals surface area contributed by atoms with Gasteiger partial charge in [-0.25, -0.2) is 0 Å². The van der Waals surface area contributed by atoms with Crippen molar-refractivity contribution in [1.82, 2.24) is 0 Å². The van der Waals surface area contributed by atoms with Crippen molar-refractivity contribution >= 4 is 34.8 Å². The molecule has 3 N–H and O–H groups in total. The minimum atomic E-state index is -0.355. The third-order valence-electron chi connectivity index (χ3n) is 4.35. The zero-order valence-electron chi connectivity index (χ0n) is 15.8. The van der Waals surface area contributed by atoms with Crippen molar-refractivity contribution < 1.29 is 19.1 Å². The van der Waals surface area contributed by atoms with Crippen LogP contribution >= 0.6 is 0 Å². The third kappa shape index (κ3) is 5.09. The number of benzene rings is 2. The summed E-state index contributed by atoms with van der Waals surface area (Å²) in [6.45, 7) is 3.91. The Kier molecular flexibility index (Phi) is 5.93. The highest BCUT2D eigenvalue weighted by Gasteiger charge is 2.48. The van der Waals surface area contributed by atoms with Gasteiger partial charge >= 0.3 is 0 Å². The summed E-state index contributed by atoms with van der Waals surface area (Å²) in [5.41, 5.74) is 1.85. The molecule has 2 unspecified atom stereocenters. The molecule has 0 heterocycles. The standard InChI is InChI=1S/C21H23N3O4/c1-3-28-17-9-7-14(8-10-17)23-20(26)18-12-19(18)21(27)24-16-6-4-5-15(11-16)22-13(2)25/h4-11,18-19H,3,12H2,1-2H3,(H,22,25)(H,23,26)(H,24,27). The van der Waals surface area contributed by atoms with Gasteiger partial charge in [-0.05, 0) is 55.8 Å². The smallest absolute Gasteiger partial charge is 0.228 e. The van der Waals surface area contributed by atoms with Gasteiger partial charge in [0.25, 0.3) is 0 Å². The molecule has 3 amide bonds. The summed E-state index contributed by atoms with van der Waals surface area (Å²) < 4.78 is 5.37. The number of amides is 3. The molecule has 7 nitrogen and oxygen atoms in total. The van der Waals surface area contributed by atoms with Gasteiger partial charge in [0.15, 0.2) is 0 Å². The lowest BCUT2D eigenvalue weighted by molar-refractivity contribution is -0.122. The van der Waals surface area contributed by atoms with E-state index in [2.05, 4.69) is 16.0 Å². The van der Waals surface area contributed by atoms with E-state index >= 15 is 0 Å². The van der Waals surface area contributed by atoms with Crippen molar-refractivity contribution in [3.05, 3.63) is 48.5 Å². The van der Waals surface area contributed by atoms with E-state index in [1.54, 1.807) is 48.5 Å². The van der Waals surface area contributed by atoms with Crippen molar-refractivity contribution in [2.45, 2.75) is 20.3 Å². The van der Waals surface area contributed by atoms with Crippen molar-refractivity contribution in [3.8, 4) is 5.75 Å². The molecule has 2 atom stereocenters. The van der Waals surface area contributed by atoms with Gasteiger partial charge < -0.3 is 20.7 Å². The van der Waals surface area contributed by atoms with E-state index in [9.17, 15) is 14.4 Å². The lowest BCUT2D eigenvalue weighted by Crippen LogP contribution is -2.20. The Balaban J connectivity index is 1.52. The van der Waals surface area contributed by atoms with Gasteiger partial charge in [-0.15, -0.1) is 0 Å². The molecule has 7 heteroatoms. The molecule has 0 radical (unpaired) electrons. The Morgan fingerprint density at radius 1 is 0.893 bits per heavy atom. The van der Waals surface area contributed by atoms with Crippen LogP contribution in [-0.2, 0) is 14.4 Å². The van der Waals surface area contributed by atoms with Crippen LogP contribution in [0.15, 0.2) is 48.5 Å². The number of anilines is 3. The van der Waals surface area contributed by atoms with E-state index in [1.807, 2.05) is 6.92 Å². The largest absolute Gasteiger partial charge is 0.494 e. The maximum absolute atomic E-state index is 12.4. The minimum Gasteiger partial charge on any atom is -0.494 e. The number of hydrogen-bond donors (Lipinski definition) is 3. The van der Waals surface area contributed by atoms with Gasteiger partial charge in [-0.1, -0.05) is 6.07 Å². The van der Waals surface area contributed by atoms with Crippen LogP contribution in [0, 0.1) is 11.8 Å². The van der Waals surface area contributed by atoms with E-state index in [4.69, 9.17) is 4.74 Å². The van der Waals surface area contributed by atoms with E-state index in [0.717, 1.165) is 5.75 Å². The van der Waals surface area contributed by atoms with Crippen molar-refractivity contribution in [1.29, 1.82) is 0 Å². The highest BCUT2D eigenvalue weighted by molar-refractivity contribution is 6.03. The van der Waals surface area contributed by atoms with E-state index in [0.29, 0.717) is 30.1 Å². The molecule has 3 rings (SSSR count). The van der Waals surface area contributed by atoms with Crippen LogP contribution in [0.1, 0.15) is 20.3 Å². The van der Waals surface area contributed by atoms with Crippen LogP contribution in [0.4, 0.5) is 17.1 Å². The number of rotatable bonds is 7. The first-order chi connectivity index (χ1) is 13.5. The quantitative estimate of drug-likeness (QED) is 0.686. The molecule has 0 bridgehead atoms. The fourth-order valence-corrected chi connectivity index (χ4v) is 2.92. The highest BCUT2D eigenvalue weighted by Crippen LogP contribution is 2.40. The first-order valence-corrected chi connectivity index (χ1v) is 9.18. The molecule has 1 aliphatic carbocycles. The summed E-state index contributed by atoms with van der Waals surface area (Å²) in [5, 5.41) is 8.30. The zero-order chi connectivity index (χ0) is 20.1. The third-order valence-corrected chi connectivity index (χ3v) is 4.35. The predicted octanol–water partition coefficient (Wildman–Crippen LogP) is 3.26. The average Bonchev–Trinajstić information content (AvgIpc) is 3.44. The first-order valence-electron chi connectivity index (χ1n) is 9.18. The lowest BCUT2D eigenvalue weighted by atomic mass is 10.2. The molecule has 2 aromatic rings. The second-order valence-corrected chi connectivity index (χ2v) is 6.65. The van der Waals surface area contributed by atoms with Crippen LogP contribution in [0.2, 0.25) is 0 Å². The van der Waals surface area contributed by atoms with E-state index in [1.165, 1.54) is 6.92 Å². The predicted molar refractivity (Wildman–Crippen MR) is 107 cm³/mol. The molecule has 1 saturated carbocycles. The van der Waals surface area contributed by atoms with Crippen LogP contribution in [0.25, 0.3) is 0 Å². The van der Waals surface area contributed by atoms with Crippen LogP contribution < -0.4 is 20.7 Å². The van der Waals surface area contributed by atoms with Crippen molar-refractivity contribution in [3.63, 3.8) is 0 Å². The Hall–Kier alpha value is -3.35. The van der Waals surface area contributed by atoms with Crippen molar-refractivity contribution in [2.75, 3.05) is 22.6 Å². The number of carbonyl (C=O) groups excluding carboxylic acids is 3. The summed E-state index contributed by atoms with van der Waals surface area (Å²) in [4.78, 5) is 35.9. The average molecular weight is 381 g/mol. The second kappa shape index (κ2) is 8.56. The minimum absolute atomic E-state index is 0.170. The van der Waals surface area contributed by atoms with Crippen molar-refractivity contribution in [2.24, 2.45) is 11.8 Å². The summed E-state index contributed by atoms with van der Waals surface area (Å²) in [6, 6.07) is 14.0. The number of ether oxygens (including phenoxy) is 1. The molecule has 0 spiro atoms. The molecule has 1 aliphatic rings. The van der Waals surface area contributed by atoms with Crippen LogP contribution in [-0.4, -0.2) is 24.3 Å². The maximum atomic E-state index is 12.4. The van der Waals surface area contributed by atoms with E-state index < -0.39 is 0 Å².